The second-order valence-electron chi connectivity index (χ2n) is 3.20. The highest BCUT2D eigenvalue weighted by atomic mass is 16.3. The Balaban J connectivity index is 2.13. The third-order valence-corrected chi connectivity index (χ3v) is 2.10. The molecule has 0 bridgehead atoms. The molecule has 1 unspecified atom stereocenters. The van der Waals surface area contributed by atoms with Gasteiger partial charge in [0.1, 0.15) is 0 Å². The summed E-state index contributed by atoms with van der Waals surface area (Å²) < 4.78 is 0. The molecular formula is C8H12N4O. The predicted molar refractivity (Wildman–Crippen MR) is 49.3 cm³/mol. The van der Waals surface area contributed by atoms with Crippen LogP contribution in [-0.4, -0.2) is 34.3 Å². The highest BCUT2D eigenvalue weighted by Crippen LogP contribution is 2.15. The standard InChI is InChI=1S/C8H12N4O/c9-6-3-10-8(11-4-6)12-2-1-7(13)5-12/h3-4,7,13H,1-2,5,9H2. The van der Waals surface area contributed by atoms with Crippen molar-refractivity contribution in [1.29, 1.82) is 0 Å². The minimum atomic E-state index is -0.249. The molecule has 1 aliphatic rings. The molecule has 0 spiro atoms. The van der Waals surface area contributed by atoms with Gasteiger partial charge in [0.2, 0.25) is 5.95 Å². The van der Waals surface area contributed by atoms with E-state index in [4.69, 9.17) is 5.73 Å². The zero-order valence-electron chi connectivity index (χ0n) is 7.22. The first kappa shape index (κ1) is 8.25. The first-order valence-electron chi connectivity index (χ1n) is 4.26. The van der Waals surface area contributed by atoms with Crippen LogP contribution < -0.4 is 10.6 Å². The summed E-state index contributed by atoms with van der Waals surface area (Å²) >= 11 is 0. The maximum absolute atomic E-state index is 9.29. The second kappa shape index (κ2) is 3.18. The molecule has 0 amide bonds. The molecule has 3 N–H and O–H groups in total. The van der Waals surface area contributed by atoms with Gasteiger partial charge in [-0.25, -0.2) is 9.97 Å². The van der Waals surface area contributed by atoms with E-state index in [-0.39, 0.29) is 6.10 Å². The third-order valence-electron chi connectivity index (χ3n) is 2.10. The topological polar surface area (TPSA) is 75.3 Å². The average Bonchev–Trinajstić information content (AvgIpc) is 2.53. The number of aromatic nitrogens is 2. The van der Waals surface area contributed by atoms with E-state index in [1.54, 1.807) is 12.4 Å². The van der Waals surface area contributed by atoms with Gasteiger partial charge in [-0.15, -0.1) is 0 Å². The van der Waals surface area contributed by atoms with Crippen molar-refractivity contribution in [2.45, 2.75) is 12.5 Å². The van der Waals surface area contributed by atoms with Gasteiger partial charge >= 0.3 is 0 Å². The van der Waals surface area contributed by atoms with Crippen LogP contribution in [0.25, 0.3) is 0 Å². The van der Waals surface area contributed by atoms with Crippen molar-refractivity contribution in [3.8, 4) is 0 Å². The first-order chi connectivity index (χ1) is 6.25. The molecule has 1 fully saturated rings. The fraction of sp³-hybridized carbons (Fsp3) is 0.500. The van der Waals surface area contributed by atoms with Gasteiger partial charge in [-0.05, 0) is 6.42 Å². The predicted octanol–water partition coefficient (Wildman–Crippen LogP) is -0.370. The van der Waals surface area contributed by atoms with Crippen LogP contribution in [0, 0.1) is 0 Å². The van der Waals surface area contributed by atoms with Gasteiger partial charge in [-0.3, -0.25) is 0 Å². The second-order valence-corrected chi connectivity index (χ2v) is 3.20. The van der Waals surface area contributed by atoms with E-state index >= 15 is 0 Å². The summed E-state index contributed by atoms with van der Waals surface area (Å²) in [7, 11) is 0. The molecule has 0 aliphatic carbocycles. The van der Waals surface area contributed by atoms with Crippen molar-refractivity contribution in [2.24, 2.45) is 0 Å². The van der Waals surface area contributed by atoms with Crippen molar-refractivity contribution in [2.75, 3.05) is 23.7 Å². The van der Waals surface area contributed by atoms with Gasteiger partial charge in [-0.1, -0.05) is 0 Å². The molecule has 1 aromatic heterocycles. The Bertz CT molecular complexity index is 287. The number of nitrogens with zero attached hydrogens (tertiary/aromatic N) is 3. The fourth-order valence-electron chi connectivity index (χ4n) is 1.42. The van der Waals surface area contributed by atoms with Gasteiger partial charge in [0, 0.05) is 13.1 Å². The number of aliphatic hydroxyl groups is 1. The van der Waals surface area contributed by atoms with Crippen LogP contribution in [0.2, 0.25) is 0 Å². The molecular weight excluding hydrogens is 168 g/mol. The van der Waals surface area contributed by atoms with Crippen LogP contribution in [0.3, 0.4) is 0 Å². The zero-order valence-corrected chi connectivity index (χ0v) is 7.22. The highest BCUT2D eigenvalue weighted by molar-refractivity contribution is 5.38. The van der Waals surface area contributed by atoms with Gasteiger partial charge < -0.3 is 15.7 Å². The minimum absolute atomic E-state index is 0.249. The van der Waals surface area contributed by atoms with E-state index in [1.807, 2.05) is 4.90 Å². The van der Waals surface area contributed by atoms with Gasteiger partial charge in [0.25, 0.3) is 0 Å². The Morgan fingerprint density at radius 3 is 2.69 bits per heavy atom. The minimum Gasteiger partial charge on any atom is -0.396 e. The van der Waals surface area contributed by atoms with Crippen LogP contribution in [0.5, 0.6) is 0 Å². The van der Waals surface area contributed by atoms with Gasteiger partial charge in [0.05, 0.1) is 24.2 Å². The van der Waals surface area contributed by atoms with Crippen LogP contribution in [-0.2, 0) is 0 Å². The van der Waals surface area contributed by atoms with Crippen LogP contribution >= 0.6 is 0 Å². The quantitative estimate of drug-likeness (QED) is 0.616. The third kappa shape index (κ3) is 1.70. The number of rotatable bonds is 1. The number of hydrogen-bond donors (Lipinski definition) is 2. The zero-order chi connectivity index (χ0) is 9.26. The molecule has 5 nitrogen and oxygen atoms in total. The van der Waals surface area contributed by atoms with E-state index in [2.05, 4.69) is 9.97 Å². The van der Waals surface area contributed by atoms with Crippen molar-refractivity contribution < 1.29 is 5.11 Å². The van der Waals surface area contributed by atoms with E-state index in [1.165, 1.54) is 0 Å². The van der Waals surface area contributed by atoms with Crippen molar-refractivity contribution in [3.63, 3.8) is 0 Å². The molecule has 1 atom stereocenters. The molecule has 2 heterocycles. The summed E-state index contributed by atoms with van der Waals surface area (Å²) in [5, 5.41) is 9.29. The average molecular weight is 180 g/mol. The van der Waals surface area contributed by atoms with Gasteiger partial charge in [0.15, 0.2) is 0 Å². The Kier molecular flexibility index (Phi) is 2.02. The van der Waals surface area contributed by atoms with Crippen molar-refractivity contribution in [1.82, 2.24) is 9.97 Å². The van der Waals surface area contributed by atoms with Gasteiger partial charge in [-0.2, -0.15) is 0 Å². The van der Waals surface area contributed by atoms with Crippen molar-refractivity contribution >= 4 is 11.6 Å². The monoisotopic (exact) mass is 180 g/mol. The van der Waals surface area contributed by atoms with Crippen LogP contribution in [0.1, 0.15) is 6.42 Å². The maximum atomic E-state index is 9.29. The lowest BCUT2D eigenvalue weighted by molar-refractivity contribution is 0.198. The number of hydrogen-bond acceptors (Lipinski definition) is 5. The molecule has 0 saturated carbocycles. The lowest BCUT2D eigenvalue weighted by atomic mass is 10.3. The Labute approximate surface area is 76.2 Å². The lowest BCUT2D eigenvalue weighted by Crippen LogP contribution is -2.23. The summed E-state index contributed by atoms with van der Waals surface area (Å²) in [6, 6.07) is 0. The van der Waals surface area contributed by atoms with E-state index in [0.29, 0.717) is 18.2 Å². The summed E-state index contributed by atoms with van der Waals surface area (Å²) in [4.78, 5) is 10.1. The molecule has 1 aromatic rings. The highest BCUT2D eigenvalue weighted by Gasteiger charge is 2.21. The normalized spacial score (nSPS) is 22.2. The number of β-amino-alcohol motifs (C(OH)–C–C–N with tert-alkyl or cyclic N) is 1. The Morgan fingerprint density at radius 1 is 1.46 bits per heavy atom. The molecule has 1 saturated heterocycles. The fourth-order valence-corrected chi connectivity index (χ4v) is 1.42. The maximum Gasteiger partial charge on any atom is 0.225 e. The summed E-state index contributed by atoms with van der Waals surface area (Å²) in [6.07, 6.45) is 3.69. The van der Waals surface area contributed by atoms with Crippen LogP contribution in [0.4, 0.5) is 11.6 Å². The summed E-state index contributed by atoms with van der Waals surface area (Å²) in [6.45, 7) is 1.43. The molecule has 0 aromatic carbocycles. The number of nitrogens with two attached hydrogens (primary N) is 1. The molecule has 0 radical (unpaired) electrons. The molecule has 1 aliphatic heterocycles. The number of nitrogen functional groups attached to an aromatic ring is 1. The Hall–Kier alpha value is -1.36. The summed E-state index contributed by atoms with van der Waals surface area (Å²) in [5.74, 6) is 0.644. The lowest BCUT2D eigenvalue weighted by Gasteiger charge is -2.14. The molecule has 13 heavy (non-hydrogen) atoms. The summed E-state index contributed by atoms with van der Waals surface area (Å²) in [5.41, 5.74) is 6.02. The largest absolute Gasteiger partial charge is 0.396 e. The smallest absolute Gasteiger partial charge is 0.225 e. The first-order valence-corrected chi connectivity index (χ1v) is 4.26. The molecule has 2 rings (SSSR count). The molecule has 70 valence electrons. The van der Waals surface area contributed by atoms with Crippen LogP contribution in [0.15, 0.2) is 12.4 Å². The number of anilines is 2. The molecule has 5 heteroatoms. The SMILES string of the molecule is Nc1cnc(N2CCC(O)C2)nc1. The number of aliphatic hydroxyl groups excluding tert-OH is 1. The van der Waals surface area contributed by atoms with E-state index in [9.17, 15) is 5.11 Å². The Morgan fingerprint density at radius 2 is 2.15 bits per heavy atom. The van der Waals surface area contributed by atoms with Crippen molar-refractivity contribution in [3.05, 3.63) is 12.4 Å². The van der Waals surface area contributed by atoms with E-state index in [0.717, 1.165) is 13.0 Å². The van der Waals surface area contributed by atoms with E-state index < -0.39 is 0 Å².